The fraction of sp³-hybridized carbons (Fsp3) is 0.0714. The number of hydrogen-bond donors (Lipinski definition) is 2. The second kappa shape index (κ2) is 3.50. The Bertz CT molecular complexity index is 830. The highest BCUT2D eigenvalue weighted by atomic mass is 16.4. The predicted octanol–water partition coefficient (Wildman–Crippen LogP) is 2.67. The molecule has 0 atom stereocenters. The summed E-state index contributed by atoms with van der Waals surface area (Å²) in [5, 5.41) is 20.5. The van der Waals surface area contributed by atoms with E-state index in [1.54, 1.807) is 12.1 Å². The van der Waals surface area contributed by atoms with Crippen molar-refractivity contribution >= 4 is 21.7 Å². The zero-order valence-electron chi connectivity index (χ0n) is 9.60. The second-order valence-electron chi connectivity index (χ2n) is 4.24. The lowest BCUT2D eigenvalue weighted by molar-refractivity contribution is 0.466. The maximum Gasteiger partial charge on any atom is 0.348 e. The molecular weight excluding hydrogens is 232 g/mol. The minimum absolute atomic E-state index is 0.00588. The Hall–Kier alpha value is -2.49. The fourth-order valence-corrected chi connectivity index (χ4v) is 2.13. The molecular formula is C14H10O4. The summed E-state index contributed by atoms with van der Waals surface area (Å²) in [6.07, 6.45) is 0. The molecule has 2 N–H and O–H groups in total. The minimum atomic E-state index is -0.656. The van der Waals surface area contributed by atoms with Crippen LogP contribution in [0.4, 0.5) is 0 Å². The molecule has 3 rings (SSSR count). The summed E-state index contributed by atoms with van der Waals surface area (Å²) >= 11 is 0. The lowest BCUT2D eigenvalue weighted by Gasteiger charge is -2.06. The van der Waals surface area contributed by atoms with Crippen LogP contribution >= 0.6 is 0 Å². The van der Waals surface area contributed by atoms with Crippen molar-refractivity contribution in [3.63, 3.8) is 0 Å². The van der Waals surface area contributed by atoms with Gasteiger partial charge in [0.1, 0.15) is 22.5 Å². The molecule has 90 valence electrons. The van der Waals surface area contributed by atoms with Gasteiger partial charge in [-0.1, -0.05) is 12.1 Å². The topological polar surface area (TPSA) is 70.7 Å². The summed E-state index contributed by atoms with van der Waals surface area (Å²) in [6, 6.07) is 7.96. The van der Waals surface area contributed by atoms with Crippen molar-refractivity contribution < 1.29 is 14.6 Å². The summed E-state index contributed by atoms with van der Waals surface area (Å²) in [5.74, 6) is -0.247. The van der Waals surface area contributed by atoms with Crippen LogP contribution in [0.5, 0.6) is 11.5 Å². The monoisotopic (exact) mass is 242 g/mol. The van der Waals surface area contributed by atoms with Gasteiger partial charge < -0.3 is 14.6 Å². The van der Waals surface area contributed by atoms with Gasteiger partial charge in [-0.25, -0.2) is 4.79 Å². The molecule has 0 amide bonds. The highest BCUT2D eigenvalue weighted by Gasteiger charge is 2.14. The molecule has 0 aliphatic heterocycles. The van der Waals surface area contributed by atoms with E-state index in [-0.39, 0.29) is 16.9 Å². The summed E-state index contributed by atoms with van der Waals surface area (Å²) in [4.78, 5) is 11.8. The first-order valence-corrected chi connectivity index (χ1v) is 5.46. The number of phenols is 2. The van der Waals surface area contributed by atoms with Gasteiger partial charge in [-0.05, 0) is 30.7 Å². The smallest absolute Gasteiger partial charge is 0.348 e. The van der Waals surface area contributed by atoms with Crippen LogP contribution in [0.25, 0.3) is 21.7 Å². The van der Waals surface area contributed by atoms with Crippen LogP contribution in [0, 0.1) is 6.92 Å². The number of phenolic OH excluding ortho intramolecular Hbond substituents is 2. The lowest BCUT2D eigenvalue weighted by Crippen LogP contribution is -2.00. The van der Waals surface area contributed by atoms with Gasteiger partial charge in [0, 0.05) is 10.8 Å². The SMILES string of the molecule is Cc1ccc2c(c1)oc(=O)c1c(O)ccc(O)c12. The van der Waals surface area contributed by atoms with E-state index in [0.29, 0.717) is 16.4 Å². The molecule has 0 fully saturated rings. The van der Waals surface area contributed by atoms with E-state index in [1.807, 2.05) is 13.0 Å². The average Bonchev–Trinajstić information content (AvgIpc) is 2.32. The zero-order valence-corrected chi connectivity index (χ0v) is 9.60. The van der Waals surface area contributed by atoms with E-state index in [0.717, 1.165) is 5.56 Å². The summed E-state index contributed by atoms with van der Waals surface area (Å²) in [7, 11) is 0. The number of benzene rings is 2. The van der Waals surface area contributed by atoms with E-state index in [2.05, 4.69) is 0 Å². The summed E-state index contributed by atoms with van der Waals surface area (Å²) in [5.41, 5.74) is 0.689. The highest BCUT2D eigenvalue weighted by Crippen LogP contribution is 2.34. The molecule has 4 heteroatoms. The Morgan fingerprint density at radius 1 is 1.00 bits per heavy atom. The van der Waals surface area contributed by atoms with Crippen LogP contribution in [0.15, 0.2) is 39.5 Å². The van der Waals surface area contributed by atoms with E-state index >= 15 is 0 Å². The molecule has 0 aliphatic rings. The first-order valence-electron chi connectivity index (χ1n) is 5.46. The third-order valence-electron chi connectivity index (χ3n) is 2.97. The van der Waals surface area contributed by atoms with Gasteiger partial charge in [0.05, 0.1) is 0 Å². The second-order valence-corrected chi connectivity index (χ2v) is 4.24. The minimum Gasteiger partial charge on any atom is -0.507 e. The summed E-state index contributed by atoms with van der Waals surface area (Å²) < 4.78 is 5.16. The Kier molecular flexibility index (Phi) is 2.07. The van der Waals surface area contributed by atoms with E-state index < -0.39 is 5.63 Å². The third-order valence-corrected chi connectivity index (χ3v) is 2.97. The van der Waals surface area contributed by atoms with Gasteiger partial charge in [-0.2, -0.15) is 0 Å². The molecule has 3 aromatic rings. The van der Waals surface area contributed by atoms with Gasteiger partial charge in [0.25, 0.3) is 0 Å². The van der Waals surface area contributed by atoms with Crippen LogP contribution in [-0.2, 0) is 0 Å². The van der Waals surface area contributed by atoms with Gasteiger partial charge in [0.2, 0.25) is 0 Å². The van der Waals surface area contributed by atoms with Crippen LogP contribution in [-0.4, -0.2) is 10.2 Å². The van der Waals surface area contributed by atoms with Crippen molar-refractivity contribution in [1.29, 1.82) is 0 Å². The van der Waals surface area contributed by atoms with Crippen molar-refractivity contribution in [1.82, 2.24) is 0 Å². The normalized spacial score (nSPS) is 11.2. The van der Waals surface area contributed by atoms with E-state index in [1.165, 1.54) is 12.1 Å². The molecule has 1 heterocycles. The van der Waals surface area contributed by atoms with Gasteiger partial charge in [0.15, 0.2) is 0 Å². The maximum absolute atomic E-state index is 11.8. The highest BCUT2D eigenvalue weighted by molar-refractivity contribution is 6.09. The molecule has 0 aliphatic carbocycles. The molecule has 4 nitrogen and oxygen atoms in total. The fourth-order valence-electron chi connectivity index (χ4n) is 2.13. The Labute approximate surface area is 102 Å². The Morgan fingerprint density at radius 3 is 2.39 bits per heavy atom. The first kappa shape index (κ1) is 10.7. The molecule has 0 saturated carbocycles. The van der Waals surface area contributed by atoms with Gasteiger partial charge in [-0.15, -0.1) is 0 Å². The van der Waals surface area contributed by atoms with Crippen molar-refractivity contribution in [3.05, 3.63) is 46.3 Å². The van der Waals surface area contributed by atoms with Crippen LogP contribution in [0.2, 0.25) is 0 Å². The molecule has 1 aromatic heterocycles. The summed E-state index contributed by atoms with van der Waals surface area (Å²) in [6.45, 7) is 1.88. The largest absolute Gasteiger partial charge is 0.507 e. The lowest BCUT2D eigenvalue weighted by atomic mass is 10.0. The first-order chi connectivity index (χ1) is 8.58. The van der Waals surface area contributed by atoms with E-state index in [4.69, 9.17) is 4.42 Å². The zero-order chi connectivity index (χ0) is 12.9. The van der Waals surface area contributed by atoms with Crippen LogP contribution < -0.4 is 5.63 Å². The molecule has 0 unspecified atom stereocenters. The van der Waals surface area contributed by atoms with Gasteiger partial charge in [-0.3, -0.25) is 0 Å². The molecule has 0 spiro atoms. The van der Waals surface area contributed by atoms with Crippen molar-refractivity contribution in [3.8, 4) is 11.5 Å². The van der Waals surface area contributed by atoms with Crippen molar-refractivity contribution in [2.24, 2.45) is 0 Å². The number of rotatable bonds is 0. The Morgan fingerprint density at radius 2 is 1.67 bits per heavy atom. The van der Waals surface area contributed by atoms with Crippen LogP contribution in [0.3, 0.4) is 0 Å². The maximum atomic E-state index is 11.8. The standard InChI is InChI=1S/C14H10O4/c1-7-2-3-8-11(6-7)18-14(17)13-10(16)5-4-9(15)12(8)13/h2-6,15-16H,1H3. The van der Waals surface area contributed by atoms with Crippen molar-refractivity contribution in [2.45, 2.75) is 6.92 Å². The molecule has 0 radical (unpaired) electrons. The molecule has 18 heavy (non-hydrogen) atoms. The third kappa shape index (κ3) is 1.35. The number of fused-ring (bicyclic) bond motifs is 3. The quantitative estimate of drug-likeness (QED) is 0.361. The average molecular weight is 242 g/mol. The van der Waals surface area contributed by atoms with Crippen molar-refractivity contribution in [2.75, 3.05) is 0 Å². The van der Waals surface area contributed by atoms with Crippen LogP contribution in [0.1, 0.15) is 5.56 Å². The predicted molar refractivity (Wildman–Crippen MR) is 68.1 cm³/mol. The number of aryl methyl sites for hydroxylation is 1. The van der Waals surface area contributed by atoms with E-state index in [9.17, 15) is 15.0 Å². The molecule has 0 saturated heterocycles. The number of aromatic hydroxyl groups is 2. The Balaban J connectivity index is 2.70. The molecule has 0 bridgehead atoms. The number of hydrogen-bond acceptors (Lipinski definition) is 4. The molecule has 2 aromatic carbocycles. The van der Waals surface area contributed by atoms with Gasteiger partial charge >= 0.3 is 5.63 Å².